The fourth-order valence-corrected chi connectivity index (χ4v) is 2.51. The molecule has 0 aliphatic heterocycles. The molecule has 0 aromatic heterocycles. The van der Waals surface area contributed by atoms with Crippen molar-refractivity contribution in [2.75, 3.05) is 0 Å². The van der Waals surface area contributed by atoms with Gasteiger partial charge in [-0.15, -0.1) is 0 Å². The maximum absolute atomic E-state index is 9.33. The molecule has 0 bridgehead atoms. The smallest absolute Gasteiger partial charge is 0.0689 e. The van der Waals surface area contributed by atoms with Gasteiger partial charge in [-0.25, -0.2) is 0 Å². The molecule has 0 unspecified atom stereocenters. The minimum Gasteiger partial charge on any atom is -0.198 e. The van der Waals surface area contributed by atoms with Gasteiger partial charge in [0.25, 0.3) is 0 Å². The molecule has 0 radical (unpaired) electrons. The van der Waals surface area contributed by atoms with E-state index in [1.807, 2.05) is 0 Å². The van der Waals surface area contributed by atoms with Gasteiger partial charge in [-0.05, 0) is 19.3 Å². The van der Waals surface area contributed by atoms with E-state index in [-0.39, 0.29) is 5.41 Å². The summed E-state index contributed by atoms with van der Waals surface area (Å²) in [7, 11) is 0. The summed E-state index contributed by atoms with van der Waals surface area (Å²) >= 11 is 0. The molecule has 14 heavy (non-hydrogen) atoms. The fraction of sp³-hybridized carbons (Fsp3) is 0.923. The first-order valence-corrected chi connectivity index (χ1v) is 6.24. The summed E-state index contributed by atoms with van der Waals surface area (Å²) in [5.41, 5.74) is 0.0520. The van der Waals surface area contributed by atoms with Crippen LogP contribution in [0.4, 0.5) is 0 Å². The first kappa shape index (κ1) is 11.6. The molecule has 0 saturated heterocycles. The Kier molecular flexibility index (Phi) is 5.01. The highest BCUT2D eigenvalue weighted by Crippen LogP contribution is 2.37. The molecule has 0 atom stereocenters. The van der Waals surface area contributed by atoms with Crippen molar-refractivity contribution in [2.24, 2.45) is 5.41 Å². The Morgan fingerprint density at radius 3 is 2.14 bits per heavy atom. The van der Waals surface area contributed by atoms with Crippen molar-refractivity contribution < 1.29 is 0 Å². The van der Waals surface area contributed by atoms with Crippen LogP contribution >= 0.6 is 0 Å². The Morgan fingerprint density at radius 1 is 1.07 bits per heavy atom. The first-order valence-electron chi connectivity index (χ1n) is 6.24. The molecule has 1 aliphatic carbocycles. The second-order valence-electron chi connectivity index (χ2n) is 4.76. The molecular formula is C13H23N. The largest absolute Gasteiger partial charge is 0.198 e. The average Bonchev–Trinajstić information content (AvgIpc) is 2.18. The lowest BCUT2D eigenvalue weighted by atomic mass is 9.74. The Labute approximate surface area is 88.5 Å². The lowest BCUT2D eigenvalue weighted by Crippen LogP contribution is -2.19. The van der Waals surface area contributed by atoms with E-state index in [1.165, 1.54) is 44.9 Å². The van der Waals surface area contributed by atoms with Crippen molar-refractivity contribution in [2.45, 2.75) is 71.1 Å². The van der Waals surface area contributed by atoms with Gasteiger partial charge in [0.1, 0.15) is 0 Å². The van der Waals surface area contributed by atoms with Crippen LogP contribution in [-0.4, -0.2) is 0 Å². The molecule has 0 aromatic carbocycles. The second-order valence-corrected chi connectivity index (χ2v) is 4.76. The fourth-order valence-electron chi connectivity index (χ4n) is 2.51. The zero-order valence-electron chi connectivity index (χ0n) is 9.52. The summed E-state index contributed by atoms with van der Waals surface area (Å²) in [5.74, 6) is 0. The number of nitrogens with zero attached hydrogens (tertiary/aromatic N) is 1. The van der Waals surface area contributed by atoms with Crippen LogP contribution in [0.2, 0.25) is 0 Å². The minimum absolute atomic E-state index is 0.0520. The summed E-state index contributed by atoms with van der Waals surface area (Å²) in [5, 5.41) is 9.33. The number of hydrogen-bond donors (Lipinski definition) is 0. The van der Waals surface area contributed by atoms with Crippen LogP contribution in [0.25, 0.3) is 0 Å². The summed E-state index contributed by atoms with van der Waals surface area (Å²) in [4.78, 5) is 0. The lowest BCUT2D eigenvalue weighted by molar-refractivity contribution is 0.263. The summed E-state index contributed by atoms with van der Waals surface area (Å²) in [6.07, 6.45) is 12.5. The Hall–Kier alpha value is -0.510. The molecule has 1 nitrogen and oxygen atoms in total. The Morgan fingerprint density at radius 2 is 1.64 bits per heavy atom. The molecule has 0 N–H and O–H groups in total. The van der Waals surface area contributed by atoms with Crippen LogP contribution in [0.5, 0.6) is 0 Å². The Balaban J connectivity index is 2.50. The van der Waals surface area contributed by atoms with Crippen LogP contribution < -0.4 is 0 Å². The van der Waals surface area contributed by atoms with Crippen molar-refractivity contribution >= 4 is 0 Å². The number of unbranched alkanes of at least 4 members (excludes halogenated alkanes) is 1. The number of rotatable bonds is 3. The van der Waals surface area contributed by atoms with Gasteiger partial charge < -0.3 is 0 Å². The monoisotopic (exact) mass is 193 g/mol. The van der Waals surface area contributed by atoms with Crippen LogP contribution in [0, 0.1) is 16.7 Å². The molecule has 0 amide bonds. The molecule has 0 aromatic rings. The van der Waals surface area contributed by atoms with E-state index < -0.39 is 0 Å². The molecule has 1 saturated carbocycles. The zero-order valence-corrected chi connectivity index (χ0v) is 9.52. The Bertz CT molecular complexity index is 176. The lowest BCUT2D eigenvalue weighted by Gasteiger charge is -2.28. The van der Waals surface area contributed by atoms with E-state index in [0.29, 0.717) is 0 Å². The SMILES string of the molecule is CCCCC1(C#N)CCCCCCC1. The molecule has 1 aliphatic rings. The third-order valence-electron chi connectivity index (χ3n) is 3.56. The normalized spacial score (nSPS) is 22.0. The van der Waals surface area contributed by atoms with E-state index >= 15 is 0 Å². The molecule has 0 spiro atoms. The minimum atomic E-state index is 0.0520. The second kappa shape index (κ2) is 6.06. The van der Waals surface area contributed by atoms with Gasteiger partial charge in [0.05, 0.1) is 11.5 Å². The van der Waals surface area contributed by atoms with E-state index in [4.69, 9.17) is 0 Å². The molecule has 1 fully saturated rings. The third kappa shape index (κ3) is 3.33. The summed E-state index contributed by atoms with van der Waals surface area (Å²) in [6, 6.07) is 2.62. The number of nitriles is 1. The highest BCUT2D eigenvalue weighted by atomic mass is 14.4. The molecule has 1 heteroatoms. The predicted molar refractivity (Wildman–Crippen MR) is 59.9 cm³/mol. The van der Waals surface area contributed by atoms with Crippen molar-refractivity contribution in [3.05, 3.63) is 0 Å². The number of hydrogen-bond acceptors (Lipinski definition) is 1. The van der Waals surface area contributed by atoms with Gasteiger partial charge >= 0.3 is 0 Å². The quantitative estimate of drug-likeness (QED) is 0.650. The topological polar surface area (TPSA) is 23.8 Å². The van der Waals surface area contributed by atoms with Gasteiger partial charge in [0, 0.05) is 0 Å². The van der Waals surface area contributed by atoms with Gasteiger partial charge in [0.15, 0.2) is 0 Å². The standard InChI is InChI=1S/C13H23N/c1-2-3-9-13(12-14)10-7-5-4-6-8-11-13/h2-11H2,1H3. The summed E-state index contributed by atoms with van der Waals surface area (Å²) in [6.45, 7) is 2.22. The highest BCUT2D eigenvalue weighted by molar-refractivity contribution is 4.98. The molecule has 80 valence electrons. The third-order valence-corrected chi connectivity index (χ3v) is 3.56. The highest BCUT2D eigenvalue weighted by Gasteiger charge is 2.29. The first-order chi connectivity index (χ1) is 6.83. The van der Waals surface area contributed by atoms with E-state index in [2.05, 4.69) is 13.0 Å². The van der Waals surface area contributed by atoms with E-state index in [0.717, 1.165) is 19.3 Å². The maximum Gasteiger partial charge on any atom is 0.0689 e. The molecule has 1 rings (SSSR count). The van der Waals surface area contributed by atoms with Crippen molar-refractivity contribution in [1.29, 1.82) is 5.26 Å². The van der Waals surface area contributed by atoms with Crippen molar-refractivity contribution in [3.63, 3.8) is 0 Å². The van der Waals surface area contributed by atoms with Crippen LogP contribution in [-0.2, 0) is 0 Å². The molecule has 0 heterocycles. The maximum atomic E-state index is 9.33. The van der Waals surface area contributed by atoms with Gasteiger partial charge in [-0.1, -0.05) is 51.9 Å². The van der Waals surface area contributed by atoms with Crippen molar-refractivity contribution in [3.8, 4) is 6.07 Å². The summed E-state index contributed by atoms with van der Waals surface area (Å²) < 4.78 is 0. The van der Waals surface area contributed by atoms with E-state index in [1.54, 1.807) is 0 Å². The van der Waals surface area contributed by atoms with Gasteiger partial charge in [-0.3, -0.25) is 0 Å². The van der Waals surface area contributed by atoms with Crippen LogP contribution in [0.15, 0.2) is 0 Å². The molecular weight excluding hydrogens is 170 g/mol. The van der Waals surface area contributed by atoms with Crippen LogP contribution in [0.1, 0.15) is 71.1 Å². The predicted octanol–water partition coefficient (Wildman–Crippen LogP) is 4.43. The van der Waals surface area contributed by atoms with Crippen molar-refractivity contribution in [1.82, 2.24) is 0 Å². The van der Waals surface area contributed by atoms with Gasteiger partial charge in [-0.2, -0.15) is 5.26 Å². The van der Waals surface area contributed by atoms with Crippen LogP contribution in [0.3, 0.4) is 0 Å². The zero-order chi connectivity index (χ0) is 10.3. The van der Waals surface area contributed by atoms with Gasteiger partial charge in [0.2, 0.25) is 0 Å². The van der Waals surface area contributed by atoms with E-state index in [9.17, 15) is 5.26 Å². The average molecular weight is 193 g/mol.